The van der Waals surface area contributed by atoms with Gasteiger partial charge in [-0.15, -0.1) is 0 Å². The average Bonchev–Trinajstić information content (AvgIpc) is 2.94. The van der Waals surface area contributed by atoms with Gasteiger partial charge in [0.1, 0.15) is 5.82 Å². The van der Waals surface area contributed by atoms with Crippen LogP contribution in [0.2, 0.25) is 10.0 Å². The van der Waals surface area contributed by atoms with Gasteiger partial charge in [0.15, 0.2) is 9.84 Å². The summed E-state index contributed by atoms with van der Waals surface area (Å²) in [6, 6.07) is 9.66. The molecule has 3 rings (SSSR count). The lowest BCUT2D eigenvalue weighted by Crippen LogP contribution is -2.40. The quantitative estimate of drug-likeness (QED) is 0.758. The molecule has 0 spiro atoms. The predicted octanol–water partition coefficient (Wildman–Crippen LogP) is 3.96. The highest BCUT2D eigenvalue weighted by molar-refractivity contribution is 7.91. The molecule has 1 saturated heterocycles. The van der Waals surface area contributed by atoms with Gasteiger partial charge in [-0.3, -0.25) is 4.79 Å². The fourth-order valence-corrected chi connectivity index (χ4v) is 5.18. The molecule has 1 fully saturated rings. The highest BCUT2D eigenvalue weighted by Crippen LogP contribution is 2.27. The summed E-state index contributed by atoms with van der Waals surface area (Å²) in [6.45, 7) is 0.145. The average molecular weight is 416 g/mol. The third kappa shape index (κ3) is 4.37. The zero-order valence-electron chi connectivity index (χ0n) is 13.7. The van der Waals surface area contributed by atoms with Crippen LogP contribution in [0.25, 0.3) is 0 Å². The summed E-state index contributed by atoms with van der Waals surface area (Å²) in [5, 5.41) is 0.869. The summed E-state index contributed by atoms with van der Waals surface area (Å²) in [6.07, 6.45) is 0.362. The first-order chi connectivity index (χ1) is 12.2. The van der Waals surface area contributed by atoms with Crippen molar-refractivity contribution < 1.29 is 17.6 Å². The molecular weight excluding hydrogens is 400 g/mol. The molecule has 1 unspecified atom stereocenters. The van der Waals surface area contributed by atoms with E-state index in [1.807, 2.05) is 0 Å². The molecule has 1 aliphatic heterocycles. The Balaban J connectivity index is 1.93. The number of sulfone groups is 1. The van der Waals surface area contributed by atoms with Crippen LogP contribution in [0, 0.1) is 5.82 Å². The monoisotopic (exact) mass is 415 g/mol. The second-order valence-electron chi connectivity index (χ2n) is 6.23. The summed E-state index contributed by atoms with van der Waals surface area (Å²) in [5.41, 5.74) is 0.955. The molecule has 1 aliphatic rings. The van der Waals surface area contributed by atoms with Crippen molar-refractivity contribution in [3.8, 4) is 0 Å². The van der Waals surface area contributed by atoms with Gasteiger partial charge >= 0.3 is 0 Å². The van der Waals surface area contributed by atoms with Gasteiger partial charge in [-0.2, -0.15) is 0 Å². The van der Waals surface area contributed by atoms with E-state index in [0.717, 1.165) is 0 Å². The van der Waals surface area contributed by atoms with Crippen molar-refractivity contribution in [2.45, 2.75) is 19.0 Å². The van der Waals surface area contributed by atoms with Crippen molar-refractivity contribution in [1.82, 2.24) is 4.90 Å². The first-order valence-electron chi connectivity index (χ1n) is 7.96. The van der Waals surface area contributed by atoms with Crippen LogP contribution in [0.5, 0.6) is 0 Å². The first kappa shape index (κ1) is 19.1. The molecule has 2 aromatic carbocycles. The van der Waals surface area contributed by atoms with E-state index in [2.05, 4.69) is 0 Å². The lowest BCUT2D eigenvalue weighted by atomic mass is 10.1. The van der Waals surface area contributed by atoms with Crippen LogP contribution in [0.3, 0.4) is 0 Å². The lowest BCUT2D eigenvalue weighted by molar-refractivity contribution is 0.0681. The van der Waals surface area contributed by atoms with Gasteiger partial charge in [-0.1, -0.05) is 29.3 Å². The van der Waals surface area contributed by atoms with E-state index in [4.69, 9.17) is 23.2 Å². The van der Waals surface area contributed by atoms with E-state index in [9.17, 15) is 17.6 Å². The van der Waals surface area contributed by atoms with E-state index in [1.165, 1.54) is 29.2 Å². The Bertz CT molecular complexity index is 932. The van der Waals surface area contributed by atoms with E-state index in [-0.39, 0.29) is 24.0 Å². The smallest absolute Gasteiger partial charge is 0.254 e. The Hall–Kier alpha value is -1.63. The van der Waals surface area contributed by atoms with Crippen LogP contribution in [0.1, 0.15) is 22.3 Å². The van der Waals surface area contributed by atoms with Gasteiger partial charge in [-0.05, 0) is 48.4 Å². The number of halogens is 3. The van der Waals surface area contributed by atoms with Gasteiger partial charge in [0.25, 0.3) is 5.91 Å². The van der Waals surface area contributed by atoms with Crippen LogP contribution in [-0.2, 0) is 16.4 Å². The Morgan fingerprint density at radius 2 is 1.85 bits per heavy atom. The van der Waals surface area contributed by atoms with Crippen molar-refractivity contribution >= 4 is 38.9 Å². The Morgan fingerprint density at radius 3 is 2.42 bits per heavy atom. The normalized spacial score (nSPS) is 18.7. The maximum Gasteiger partial charge on any atom is 0.254 e. The fourth-order valence-electron chi connectivity index (χ4n) is 2.98. The van der Waals surface area contributed by atoms with Crippen LogP contribution < -0.4 is 0 Å². The Labute approximate surface area is 161 Å². The number of carbonyl (C=O) groups excluding carboxylic acids is 1. The fraction of sp³-hybridized carbons (Fsp3) is 0.278. The number of nitrogens with zero attached hydrogens (tertiary/aromatic N) is 1. The zero-order valence-corrected chi connectivity index (χ0v) is 16.0. The minimum Gasteiger partial charge on any atom is -0.330 e. The summed E-state index contributed by atoms with van der Waals surface area (Å²) < 4.78 is 36.9. The summed E-state index contributed by atoms with van der Waals surface area (Å²) >= 11 is 12.1. The molecule has 1 heterocycles. The van der Waals surface area contributed by atoms with E-state index >= 15 is 0 Å². The molecule has 4 nitrogen and oxygen atoms in total. The standard InChI is InChI=1S/C18H16Cl2FNO3S/c19-14-4-1-13(17(20)9-14)10-22(16-7-8-26(24,25)11-16)18(23)12-2-5-15(21)6-3-12/h1-6,9,16H,7-8,10-11H2. The molecule has 1 atom stereocenters. The second kappa shape index (κ2) is 7.55. The Kier molecular flexibility index (Phi) is 5.55. The first-order valence-corrected chi connectivity index (χ1v) is 10.5. The van der Waals surface area contributed by atoms with Crippen molar-refractivity contribution in [1.29, 1.82) is 0 Å². The summed E-state index contributed by atoms with van der Waals surface area (Å²) in [4.78, 5) is 14.5. The number of hydrogen-bond donors (Lipinski definition) is 0. The molecule has 0 aromatic heterocycles. The summed E-state index contributed by atoms with van der Waals surface area (Å²) in [7, 11) is -3.18. The van der Waals surface area contributed by atoms with Crippen LogP contribution in [0.15, 0.2) is 42.5 Å². The van der Waals surface area contributed by atoms with E-state index in [0.29, 0.717) is 27.6 Å². The SMILES string of the molecule is O=C(c1ccc(F)cc1)N(Cc1ccc(Cl)cc1Cl)C1CCS(=O)(=O)C1. The van der Waals surface area contributed by atoms with Gasteiger partial charge in [0.2, 0.25) is 0 Å². The van der Waals surface area contributed by atoms with Crippen molar-refractivity contribution in [3.63, 3.8) is 0 Å². The van der Waals surface area contributed by atoms with Crippen molar-refractivity contribution in [2.24, 2.45) is 0 Å². The predicted molar refractivity (Wildman–Crippen MR) is 99.8 cm³/mol. The zero-order chi connectivity index (χ0) is 18.9. The van der Waals surface area contributed by atoms with Crippen LogP contribution in [-0.4, -0.2) is 36.8 Å². The molecule has 8 heteroatoms. The lowest BCUT2D eigenvalue weighted by Gasteiger charge is -2.29. The maximum atomic E-state index is 13.2. The molecular formula is C18H16Cl2FNO3S. The molecule has 0 saturated carbocycles. The third-order valence-electron chi connectivity index (χ3n) is 4.36. The molecule has 2 aromatic rings. The number of rotatable bonds is 4. The number of benzene rings is 2. The Morgan fingerprint density at radius 1 is 1.15 bits per heavy atom. The maximum absolute atomic E-state index is 13.2. The summed E-state index contributed by atoms with van der Waals surface area (Å²) in [5.74, 6) is -0.861. The number of hydrogen-bond acceptors (Lipinski definition) is 3. The largest absolute Gasteiger partial charge is 0.330 e. The number of amides is 1. The molecule has 1 amide bonds. The highest BCUT2D eigenvalue weighted by Gasteiger charge is 2.35. The molecule has 0 radical (unpaired) electrons. The van der Waals surface area contributed by atoms with Gasteiger partial charge in [0, 0.05) is 28.2 Å². The van der Waals surface area contributed by atoms with Crippen molar-refractivity contribution in [2.75, 3.05) is 11.5 Å². The number of carbonyl (C=O) groups is 1. The second-order valence-corrected chi connectivity index (χ2v) is 9.30. The van der Waals surface area contributed by atoms with Gasteiger partial charge in [-0.25, -0.2) is 12.8 Å². The van der Waals surface area contributed by atoms with Gasteiger partial charge < -0.3 is 4.90 Å². The highest BCUT2D eigenvalue weighted by atomic mass is 35.5. The molecule has 138 valence electrons. The minimum atomic E-state index is -3.18. The van der Waals surface area contributed by atoms with Crippen LogP contribution >= 0.6 is 23.2 Å². The van der Waals surface area contributed by atoms with E-state index in [1.54, 1.807) is 18.2 Å². The molecule has 0 bridgehead atoms. The van der Waals surface area contributed by atoms with Gasteiger partial charge in [0.05, 0.1) is 11.5 Å². The van der Waals surface area contributed by atoms with Crippen LogP contribution in [0.4, 0.5) is 4.39 Å². The van der Waals surface area contributed by atoms with E-state index < -0.39 is 21.7 Å². The molecule has 26 heavy (non-hydrogen) atoms. The topological polar surface area (TPSA) is 54.5 Å². The molecule has 0 N–H and O–H groups in total. The third-order valence-corrected chi connectivity index (χ3v) is 6.69. The molecule has 0 aliphatic carbocycles. The van der Waals surface area contributed by atoms with Crippen molar-refractivity contribution in [3.05, 3.63) is 69.5 Å². The minimum absolute atomic E-state index is 0.0409.